The van der Waals surface area contributed by atoms with Crippen LogP contribution in [0, 0.1) is 13.8 Å². The molecule has 3 heteroatoms. The maximum absolute atomic E-state index is 5.30. The molecule has 0 N–H and O–H groups in total. The van der Waals surface area contributed by atoms with E-state index in [4.69, 9.17) is 4.74 Å². The van der Waals surface area contributed by atoms with E-state index in [0.717, 1.165) is 17.1 Å². The number of hydrogen-bond acceptors (Lipinski definition) is 2. The summed E-state index contributed by atoms with van der Waals surface area (Å²) in [5.41, 5.74) is 5.51. The second-order valence-electron chi connectivity index (χ2n) is 4.73. The average molecular weight is 252 g/mol. The smallest absolute Gasteiger partial charge is 0.137 e. The van der Waals surface area contributed by atoms with Gasteiger partial charge in [0.2, 0.25) is 0 Å². The molecule has 0 saturated carbocycles. The minimum Gasteiger partial charge on any atom is -0.497 e. The predicted molar refractivity (Wildman–Crippen MR) is 76.7 cm³/mol. The first-order valence-corrected chi connectivity index (χ1v) is 6.28. The molecule has 3 rings (SSSR count). The molecule has 0 spiro atoms. The molecule has 0 amide bonds. The molecule has 3 nitrogen and oxygen atoms in total. The van der Waals surface area contributed by atoms with Crippen molar-refractivity contribution in [1.29, 1.82) is 0 Å². The van der Waals surface area contributed by atoms with Crippen molar-refractivity contribution in [3.8, 4) is 17.0 Å². The van der Waals surface area contributed by atoms with Crippen LogP contribution in [0.4, 0.5) is 0 Å². The van der Waals surface area contributed by atoms with Crippen LogP contribution in [-0.4, -0.2) is 16.5 Å². The molecule has 0 unspecified atom stereocenters. The van der Waals surface area contributed by atoms with Crippen molar-refractivity contribution >= 4 is 5.65 Å². The van der Waals surface area contributed by atoms with Crippen LogP contribution in [0.1, 0.15) is 11.1 Å². The molecule has 19 heavy (non-hydrogen) atoms. The zero-order valence-electron chi connectivity index (χ0n) is 11.3. The van der Waals surface area contributed by atoms with Crippen LogP contribution < -0.4 is 4.74 Å². The van der Waals surface area contributed by atoms with Gasteiger partial charge in [-0.05, 0) is 49.2 Å². The van der Waals surface area contributed by atoms with Crippen molar-refractivity contribution in [2.75, 3.05) is 7.11 Å². The molecule has 0 atom stereocenters. The zero-order valence-corrected chi connectivity index (χ0v) is 11.3. The molecule has 0 radical (unpaired) electrons. The van der Waals surface area contributed by atoms with Gasteiger partial charge < -0.3 is 9.14 Å². The van der Waals surface area contributed by atoms with Gasteiger partial charge in [-0.15, -0.1) is 0 Å². The molecular weight excluding hydrogens is 236 g/mol. The molecule has 1 aromatic carbocycles. The Morgan fingerprint density at radius 2 is 1.84 bits per heavy atom. The van der Waals surface area contributed by atoms with E-state index in [0.29, 0.717) is 0 Å². The second-order valence-corrected chi connectivity index (χ2v) is 4.73. The van der Waals surface area contributed by atoms with E-state index in [9.17, 15) is 0 Å². The Labute approximate surface area is 112 Å². The van der Waals surface area contributed by atoms with Gasteiger partial charge in [-0.3, -0.25) is 0 Å². The fourth-order valence-electron chi connectivity index (χ4n) is 2.50. The number of nitrogens with zero attached hydrogens (tertiary/aromatic N) is 2. The van der Waals surface area contributed by atoms with Crippen LogP contribution in [0.2, 0.25) is 0 Å². The number of rotatable bonds is 2. The first-order chi connectivity index (χ1) is 9.19. The molecule has 0 bridgehead atoms. The standard InChI is InChI=1S/C16H16N2O/c1-11-8-13(19-3)9-12(2)16(11)14-10-18-7-5-4-6-15(18)17-14/h4-10H,1-3H3. The first-order valence-electron chi connectivity index (χ1n) is 6.28. The number of fused-ring (bicyclic) bond motifs is 1. The molecule has 0 saturated heterocycles. The summed E-state index contributed by atoms with van der Waals surface area (Å²) < 4.78 is 7.34. The van der Waals surface area contributed by atoms with Crippen LogP contribution in [0.5, 0.6) is 5.75 Å². The molecule has 96 valence electrons. The maximum atomic E-state index is 5.30. The normalized spacial score (nSPS) is 10.9. The van der Waals surface area contributed by atoms with Crippen LogP contribution in [0.15, 0.2) is 42.7 Å². The van der Waals surface area contributed by atoms with Gasteiger partial charge in [0.05, 0.1) is 12.8 Å². The number of benzene rings is 1. The number of imidazole rings is 1. The van der Waals surface area contributed by atoms with Crippen LogP contribution in [-0.2, 0) is 0 Å². The maximum Gasteiger partial charge on any atom is 0.137 e. The SMILES string of the molecule is COc1cc(C)c(-c2cn3ccccc3n2)c(C)c1. The fraction of sp³-hybridized carbons (Fsp3) is 0.188. The summed E-state index contributed by atoms with van der Waals surface area (Å²) in [5.74, 6) is 0.891. The van der Waals surface area contributed by atoms with Gasteiger partial charge in [-0.2, -0.15) is 0 Å². The van der Waals surface area contributed by atoms with Gasteiger partial charge in [-0.1, -0.05) is 6.07 Å². The van der Waals surface area contributed by atoms with Gasteiger partial charge in [0.15, 0.2) is 0 Å². The summed E-state index contributed by atoms with van der Waals surface area (Å²) in [6.07, 6.45) is 4.08. The lowest BCUT2D eigenvalue weighted by Crippen LogP contribution is -1.91. The summed E-state index contributed by atoms with van der Waals surface area (Å²) in [7, 11) is 1.69. The van der Waals surface area contributed by atoms with E-state index in [1.807, 2.05) is 40.9 Å². The monoisotopic (exact) mass is 252 g/mol. The highest BCUT2D eigenvalue weighted by Gasteiger charge is 2.11. The van der Waals surface area contributed by atoms with E-state index >= 15 is 0 Å². The van der Waals surface area contributed by atoms with Crippen molar-refractivity contribution in [2.45, 2.75) is 13.8 Å². The van der Waals surface area contributed by atoms with Gasteiger partial charge in [0.25, 0.3) is 0 Å². The molecular formula is C16H16N2O. The number of methoxy groups -OCH3 is 1. The van der Waals surface area contributed by atoms with Crippen molar-refractivity contribution in [1.82, 2.24) is 9.38 Å². The summed E-state index contributed by atoms with van der Waals surface area (Å²) in [5, 5.41) is 0. The third-order valence-corrected chi connectivity index (χ3v) is 3.36. The second kappa shape index (κ2) is 4.43. The van der Waals surface area contributed by atoms with E-state index in [1.54, 1.807) is 7.11 Å². The summed E-state index contributed by atoms with van der Waals surface area (Å²) in [6.45, 7) is 4.18. The Balaban J connectivity index is 2.21. The predicted octanol–water partition coefficient (Wildman–Crippen LogP) is 3.63. The lowest BCUT2D eigenvalue weighted by atomic mass is 10.00. The molecule has 0 aliphatic rings. The number of pyridine rings is 1. The third-order valence-electron chi connectivity index (χ3n) is 3.36. The first kappa shape index (κ1) is 11.8. The Morgan fingerprint density at radius 3 is 2.47 bits per heavy atom. The minimum absolute atomic E-state index is 0.891. The molecule has 0 aliphatic heterocycles. The van der Waals surface area contributed by atoms with Crippen LogP contribution in [0.3, 0.4) is 0 Å². The fourth-order valence-corrected chi connectivity index (χ4v) is 2.50. The molecule has 0 aliphatic carbocycles. The van der Waals surface area contributed by atoms with E-state index in [-0.39, 0.29) is 0 Å². The zero-order chi connectivity index (χ0) is 13.4. The Morgan fingerprint density at radius 1 is 1.11 bits per heavy atom. The number of hydrogen-bond donors (Lipinski definition) is 0. The number of aromatic nitrogens is 2. The lowest BCUT2D eigenvalue weighted by molar-refractivity contribution is 0.414. The Hall–Kier alpha value is -2.29. The van der Waals surface area contributed by atoms with Crippen molar-refractivity contribution in [2.24, 2.45) is 0 Å². The topological polar surface area (TPSA) is 26.5 Å². The van der Waals surface area contributed by atoms with E-state index in [1.165, 1.54) is 16.7 Å². The van der Waals surface area contributed by atoms with E-state index < -0.39 is 0 Å². The average Bonchev–Trinajstić information content (AvgIpc) is 2.80. The van der Waals surface area contributed by atoms with Gasteiger partial charge >= 0.3 is 0 Å². The van der Waals surface area contributed by atoms with Gasteiger partial charge in [0.1, 0.15) is 11.4 Å². The number of aryl methyl sites for hydroxylation is 2. The summed E-state index contributed by atoms with van der Waals surface area (Å²) >= 11 is 0. The van der Waals surface area contributed by atoms with Gasteiger partial charge in [0, 0.05) is 18.0 Å². The number of ether oxygens (including phenoxy) is 1. The largest absolute Gasteiger partial charge is 0.497 e. The third kappa shape index (κ3) is 1.97. The highest BCUT2D eigenvalue weighted by Crippen LogP contribution is 2.30. The Kier molecular flexibility index (Phi) is 2.75. The molecule has 2 aromatic heterocycles. The highest BCUT2D eigenvalue weighted by molar-refractivity contribution is 5.70. The van der Waals surface area contributed by atoms with Crippen LogP contribution >= 0.6 is 0 Å². The Bertz CT molecular complexity index is 687. The minimum atomic E-state index is 0.891. The quantitative estimate of drug-likeness (QED) is 0.696. The molecule has 0 fully saturated rings. The molecule has 3 aromatic rings. The van der Waals surface area contributed by atoms with Crippen LogP contribution in [0.25, 0.3) is 16.9 Å². The van der Waals surface area contributed by atoms with E-state index in [2.05, 4.69) is 25.0 Å². The van der Waals surface area contributed by atoms with Crippen molar-refractivity contribution < 1.29 is 4.74 Å². The summed E-state index contributed by atoms with van der Waals surface area (Å²) in [6, 6.07) is 10.1. The van der Waals surface area contributed by atoms with Crippen molar-refractivity contribution in [3.63, 3.8) is 0 Å². The van der Waals surface area contributed by atoms with Gasteiger partial charge in [-0.25, -0.2) is 4.98 Å². The molecule has 2 heterocycles. The van der Waals surface area contributed by atoms with Crippen molar-refractivity contribution in [3.05, 3.63) is 53.9 Å². The lowest BCUT2D eigenvalue weighted by Gasteiger charge is -2.09. The highest BCUT2D eigenvalue weighted by atomic mass is 16.5. The summed E-state index contributed by atoms with van der Waals surface area (Å²) in [4.78, 5) is 4.68.